The Morgan fingerprint density at radius 3 is 2.47 bits per heavy atom. The van der Waals surface area contributed by atoms with Gasteiger partial charge in [0.25, 0.3) is 0 Å². The van der Waals surface area contributed by atoms with Gasteiger partial charge in [-0.3, -0.25) is 9.69 Å². The average molecular weight is 269 g/mol. The number of carboxylic acid groups (broad SMARTS) is 1. The zero-order chi connectivity index (χ0) is 14.6. The van der Waals surface area contributed by atoms with Crippen LogP contribution in [0.2, 0.25) is 0 Å². The summed E-state index contributed by atoms with van der Waals surface area (Å²) in [7, 11) is 0. The molecule has 0 aromatic carbocycles. The molecule has 0 fully saturated rings. The van der Waals surface area contributed by atoms with E-state index in [9.17, 15) is 4.79 Å². The lowest BCUT2D eigenvalue weighted by Gasteiger charge is -2.24. The number of rotatable bonds is 6. The Kier molecular flexibility index (Phi) is 5.05. The molecule has 1 atom stereocenters. The summed E-state index contributed by atoms with van der Waals surface area (Å²) in [4.78, 5) is 12.7. The predicted molar refractivity (Wildman–Crippen MR) is 70.8 cm³/mol. The van der Waals surface area contributed by atoms with Crippen molar-refractivity contribution in [2.45, 2.75) is 59.0 Å². The van der Waals surface area contributed by atoms with Gasteiger partial charge in [-0.2, -0.15) is 0 Å². The van der Waals surface area contributed by atoms with E-state index in [1.54, 1.807) is 0 Å². The van der Waals surface area contributed by atoms with Crippen molar-refractivity contribution in [1.82, 2.24) is 15.1 Å². The summed E-state index contributed by atoms with van der Waals surface area (Å²) in [5.41, 5.74) is -0.195. The first-order valence-corrected chi connectivity index (χ1v) is 6.52. The molecular weight excluding hydrogens is 246 g/mol. The number of hydrogen-bond donors (Lipinski definition) is 1. The summed E-state index contributed by atoms with van der Waals surface area (Å²) in [6.45, 7) is 10.3. The standard InChI is InChI=1S/C13H23N3O3/c1-6-9(2)16(8-11(17)18)7-10-14-15-12(19-10)13(3,4)5/h9H,6-8H2,1-5H3,(H,17,18). The van der Waals surface area contributed by atoms with E-state index < -0.39 is 5.97 Å². The summed E-state index contributed by atoms with van der Waals surface area (Å²) in [5.74, 6) is 0.185. The van der Waals surface area contributed by atoms with Gasteiger partial charge in [-0.1, -0.05) is 27.7 Å². The van der Waals surface area contributed by atoms with Crippen LogP contribution in [-0.2, 0) is 16.8 Å². The highest BCUT2D eigenvalue weighted by Crippen LogP contribution is 2.21. The van der Waals surface area contributed by atoms with E-state index in [1.807, 2.05) is 39.5 Å². The molecule has 6 nitrogen and oxygen atoms in total. The van der Waals surface area contributed by atoms with Crippen LogP contribution in [-0.4, -0.2) is 38.8 Å². The smallest absolute Gasteiger partial charge is 0.317 e. The highest BCUT2D eigenvalue weighted by atomic mass is 16.4. The molecule has 19 heavy (non-hydrogen) atoms. The third-order valence-corrected chi connectivity index (χ3v) is 3.00. The second-order valence-electron chi connectivity index (χ2n) is 5.81. The van der Waals surface area contributed by atoms with Gasteiger partial charge in [-0.25, -0.2) is 0 Å². The Labute approximate surface area is 113 Å². The van der Waals surface area contributed by atoms with Crippen molar-refractivity contribution in [1.29, 1.82) is 0 Å². The molecule has 0 aliphatic carbocycles. The largest absolute Gasteiger partial charge is 0.480 e. The topological polar surface area (TPSA) is 79.5 Å². The van der Waals surface area contributed by atoms with Crippen LogP contribution in [0.4, 0.5) is 0 Å². The summed E-state index contributed by atoms with van der Waals surface area (Å²) < 4.78 is 5.60. The number of nitrogens with zero attached hydrogens (tertiary/aromatic N) is 3. The number of aromatic nitrogens is 2. The fourth-order valence-corrected chi connectivity index (χ4v) is 1.59. The minimum Gasteiger partial charge on any atom is -0.480 e. The molecule has 0 saturated carbocycles. The summed E-state index contributed by atoms with van der Waals surface area (Å²) in [6, 6.07) is 0.154. The van der Waals surface area contributed by atoms with Crippen LogP contribution in [0, 0.1) is 0 Å². The molecule has 0 saturated heterocycles. The summed E-state index contributed by atoms with van der Waals surface area (Å²) in [5, 5.41) is 16.9. The number of aliphatic carboxylic acids is 1. The minimum absolute atomic E-state index is 0.0256. The second-order valence-corrected chi connectivity index (χ2v) is 5.81. The van der Waals surface area contributed by atoms with E-state index in [0.29, 0.717) is 18.3 Å². The molecule has 1 heterocycles. The van der Waals surface area contributed by atoms with Gasteiger partial charge in [0.15, 0.2) is 0 Å². The lowest BCUT2D eigenvalue weighted by atomic mass is 9.97. The van der Waals surface area contributed by atoms with Crippen molar-refractivity contribution in [3.05, 3.63) is 11.8 Å². The van der Waals surface area contributed by atoms with Crippen molar-refractivity contribution in [2.75, 3.05) is 6.54 Å². The molecule has 1 aromatic heterocycles. The Bertz CT molecular complexity index is 423. The molecule has 0 radical (unpaired) electrons. The van der Waals surface area contributed by atoms with Gasteiger partial charge in [0.05, 0.1) is 13.1 Å². The van der Waals surface area contributed by atoms with Gasteiger partial charge in [0, 0.05) is 11.5 Å². The lowest BCUT2D eigenvalue weighted by molar-refractivity contribution is -0.139. The Morgan fingerprint density at radius 1 is 1.42 bits per heavy atom. The van der Waals surface area contributed by atoms with Crippen LogP contribution in [0.25, 0.3) is 0 Å². The van der Waals surface area contributed by atoms with E-state index in [4.69, 9.17) is 9.52 Å². The van der Waals surface area contributed by atoms with Crippen LogP contribution in [0.3, 0.4) is 0 Å². The van der Waals surface area contributed by atoms with Gasteiger partial charge >= 0.3 is 5.97 Å². The summed E-state index contributed by atoms with van der Waals surface area (Å²) >= 11 is 0. The quantitative estimate of drug-likeness (QED) is 0.851. The van der Waals surface area contributed by atoms with Crippen molar-refractivity contribution in [3.63, 3.8) is 0 Å². The van der Waals surface area contributed by atoms with Gasteiger partial charge in [0.2, 0.25) is 11.8 Å². The van der Waals surface area contributed by atoms with Crippen molar-refractivity contribution in [3.8, 4) is 0 Å². The Hall–Kier alpha value is -1.43. The number of carbonyl (C=O) groups is 1. The van der Waals surface area contributed by atoms with Crippen LogP contribution >= 0.6 is 0 Å². The fourth-order valence-electron chi connectivity index (χ4n) is 1.59. The van der Waals surface area contributed by atoms with Crippen LogP contribution in [0.1, 0.15) is 52.8 Å². The molecule has 0 spiro atoms. The molecule has 1 rings (SSSR count). The lowest BCUT2D eigenvalue weighted by Crippen LogP contribution is -2.36. The van der Waals surface area contributed by atoms with E-state index in [0.717, 1.165) is 6.42 Å². The molecule has 108 valence electrons. The molecule has 1 aromatic rings. The highest BCUT2D eigenvalue weighted by Gasteiger charge is 2.23. The van der Waals surface area contributed by atoms with Gasteiger partial charge in [-0.15, -0.1) is 10.2 Å². The zero-order valence-corrected chi connectivity index (χ0v) is 12.3. The maximum absolute atomic E-state index is 10.9. The maximum atomic E-state index is 10.9. The molecule has 1 N–H and O–H groups in total. The van der Waals surface area contributed by atoms with Crippen LogP contribution < -0.4 is 0 Å². The van der Waals surface area contributed by atoms with Crippen LogP contribution in [0.5, 0.6) is 0 Å². The van der Waals surface area contributed by atoms with Crippen molar-refractivity contribution < 1.29 is 14.3 Å². The third kappa shape index (κ3) is 4.63. The van der Waals surface area contributed by atoms with E-state index in [2.05, 4.69) is 10.2 Å². The van der Waals surface area contributed by atoms with E-state index >= 15 is 0 Å². The van der Waals surface area contributed by atoms with E-state index in [-0.39, 0.29) is 18.0 Å². The second kappa shape index (κ2) is 6.14. The molecule has 0 amide bonds. The van der Waals surface area contributed by atoms with Crippen molar-refractivity contribution >= 4 is 5.97 Å². The predicted octanol–water partition coefficient (Wildman–Crippen LogP) is 2.05. The van der Waals surface area contributed by atoms with Gasteiger partial charge in [-0.05, 0) is 13.3 Å². The first-order chi connectivity index (χ1) is 8.74. The maximum Gasteiger partial charge on any atom is 0.317 e. The average Bonchev–Trinajstić information content (AvgIpc) is 2.74. The minimum atomic E-state index is -0.851. The highest BCUT2D eigenvalue weighted by molar-refractivity contribution is 5.69. The monoisotopic (exact) mass is 269 g/mol. The van der Waals surface area contributed by atoms with Crippen LogP contribution in [0.15, 0.2) is 4.42 Å². The van der Waals surface area contributed by atoms with Gasteiger partial charge < -0.3 is 9.52 Å². The summed E-state index contributed by atoms with van der Waals surface area (Å²) in [6.07, 6.45) is 0.869. The number of carboxylic acids is 1. The first-order valence-electron chi connectivity index (χ1n) is 6.52. The fraction of sp³-hybridized carbons (Fsp3) is 0.769. The molecular formula is C13H23N3O3. The first kappa shape index (κ1) is 15.6. The molecule has 6 heteroatoms. The molecule has 1 unspecified atom stereocenters. The van der Waals surface area contributed by atoms with E-state index in [1.165, 1.54) is 0 Å². The molecule has 0 aliphatic heterocycles. The SMILES string of the molecule is CCC(C)N(CC(=O)O)Cc1nnc(C(C)(C)C)o1. The zero-order valence-electron chi connectivity index (χ0n) is 12.3. The Morgan fingerprint density at radius 2 is 2.05 bits per heavy atom. The normalized spacial score (nSPS) is 13.8. The Balaban J connectivity index is 2.79. The van der Waals surface area contributed by atoms with Gasteiger partial charge in [0.1, 0.15) is 0 Å². The number of hydrogen-bond acceptors (Lipinski definition) is 5. The molecule has 0 bridgehead atoms. The molecule has 0 aliphatic rings. The van der Waals surface area contributed by atoms with Crippen molar-refractivity contribution in [2.24, 2.45) is 0 Å². The third-order valence-electron chi connectivity index (χ3n) is 3.00.